The van der Waals surface area contributed by atoms with Crippen LogP contribution in [0.4, 0.5) is 0 Å². The van der Waals surface area contributed by atoms with Crippen LogP contribution in [0.25, 0.3) is 0 Å². The molecule has 21 heavy (non-hydrogen) atoms. The minimum absolute atomic E-state index is 0.473. The molecule has 2 rings (SSSR count). The highest BCUT2D eigenvalue weighted by Gasteiger charge is 2.31. The highest BCUT2D eigenvalue weighted by Crippen LogP contribution is 2.25. The molecular weight excluding hydrogens is 260 g/mol. The predicted octanol–water partition coefficient (Wildman–Crippen LogP) is 3.58. The summed E-state index contributed by atoms with van der Waals surface area (Å²) in [4.78, 5) is 2.75. The molecule has 0 amide bonds. The fourth-order valence-corrected chi connectivity index (χ4v) is 4.11. The third kappa shape index (κ3) is 5.54. The molecule has 3 atom stereocenters. The molecule has 1 aliphatic heterocycles. The number of hydrogen-bond donors (Lipinski definition) is 1. The normalized spacial score (nSPS) is 32.6. The number of hydrogen-bond acceptors (Lipinski definition) is 3. The first-order valence-electron chi connectivity index (χ1n) is 9.44. The van der Waals surface area contributed by atoms with Crippen LogP contribution >= 0.6 is 0 Å². The fourth-order valence-electron chi connectivity index (χ4n) is 4.11. The average Bonchev–Trinajstić information content (AvgIpc) is 2.47. The Morgan fingerprint density at radius 2 is 1.81 bits per heavy atom. The molecule has 0 aromatic heterocycles. The number of likely N-dealkylation sites (tertiary alicyclic amines) is 1. The van der Waals surface area contributed by atoms with Gasteiger partial charge in [0, 0.05) is 25.2 Å². The maximum Gasteiger partial charge on any atom is 0.0702 e. The van der Waals surface area contributed by atoms with Gasteiger partial charge in [-0.15, -0.1) is 0 Å². The van der Waals surface area contributed by atoms with Gasteiger partial charge >= 0.3 is 0 Å². The maximum absolute atomic E-state index is 5.91. The summed E-state index contributed by atoms with van der Waals surface area (Å²) in [5, 5.41) is 3.85. The summed E-state index contributed by atoms with van der Waals surface area (Å²) in [6.07, 6.45) is 12.7. The van der Waals surface area contributed by atoms with E-state index in [1.807, 2.05) is 0 Å². The molecule has 1 heterocycles. The van der Waals surface area contributed by atoms with E-state index in [1.54, 1.807) is 0 Å². The fraction of sp³-hybridized carbons (Fsp3) is 1.00. The zero-order valence-corrected chi connectivity index (χ0v) is 14.3. The van der Waals surface area contributed by atoms with Crippen molar-refractivity contribution in [3.05, 3.63) is 0 Å². The third-order valence-electron chi connectivity index (χ3n) is 5.17. The predicted molar refractivity (Wildman–Crippen MR) is 89.8 cm³/mol. The van der Waals surface area contributed by atoms with Crippen molar-refractivity contribution < 1.29 is 4.74 Å². The molecule has 3 unspecified atom stereocenters. The van der Waals surface area contributed by atoms with Gasteiger partial charge in [0.2, 0.25) is 0 Å². The molecule has 3 heteroatoms. The zero-order chi connectivity index (χ0) is 14.9. The van der Waals surface area contributed by atoms with Gasteiger partial charge in [0.15, 0.2) is 0 Å². The second-order valence-electron chi connectivity index (χ2n) is 6.83. The summed E-state index contributed by atoms with van der Waals surface area (Å²) in [5.41, 5.74) is 0. The van der Waals surface area contributed by atoms with Crippen molar-refractivity contribution in [3.63, 3.8) is 0 Å². The van der Waals surface area contributed by atoms with Crippen LogP contribution in [0.1, 0.15) is 71.6 Å². The van der Waals surface area contributed by atoms with Gasteiger partial charge in [-0.05, 0) is 52.1 Å². The van der Waals surface area contributed by atoms with E-state index < -0.39 is 0 Å². The molecule has 1 aliphatic carbocycles. The minimum Gasteiger partial charge on any atom is -0.377 e. The van der Waals surface area contributed by atoms with Gasteiger partial charge in [-0.1, -0.05) is 32.6 Å². The lowest BCUT2D eigenvalue weighted by molar-refractivity contribution is -0.0159. The highest BCUT2D eigenvalue weighted by atomic mass is 16.5. The molecule has 1 saturated heterocycles. The molecule has 124 valence electrons. The highest BCUT2D eigenvalue weighted by molar-refractivity contribution is 4.89. The molecule has 0 aromatic rings. The molecule has 1 saturated carbocycles. The van der Waals surface area contributed by atoms with Crippen LogP contribution in [-0.2, 0) is 4.74 Å². The van der Waals surface area contributed by atoms with Crippen LogP contribution in [0.15, 0.2) is 0 Å². The van der Waals surface area contributed by atoms with Crippen LogP contribution in [0.3, 0.4) is 0 Å². The molecule has 0 spiro atoms. The van der Waals surface area contributed by atoms with E-state index in [2.05, 4.69) is 24.1 Å². The average molecular weight is 296 g/mol. The molecule has 1 N–H and O–H groups in total. The minimum atomic E-state index is 0.473. The van der Waals surface area contributed by atoms with Crippen molar-refractivity contribution in [2.45, 2.75) is 89.8 Å². The van der Waals surface area contributed by atoms with Crippen LogP contribution in [0.2, 0.25) is 0 Å². The van der Waals surface area contributed by atoms with Crippen molar-refractivity contribution in [3.8, 4) is 0 Å². The topological polar surface area (TPSA) is 24.5 Å². The van der Waals surface area contributed by atoms with E-state index in [0.29, 0.717) is 12.1 Å². The summed E-state index contributed by atoms with van der Waals surface area (Å²) in [5.74, 6) is 0. The number of piperidine rings is 1. The Bertz CT molecular complexity index is 268. The van der Waals surface area contributed by atoms with E-state index >= 15 is 0 Å². The van der Waals surface area contributed by atoms with Gasteiger partial charge in [0.25, 0.3) is 0 Å². The monoisotopic (exact) mass is 296 g/mol. The van der Waals surface area contributed by atoms with E-state index in [-0.39, 0.29) is 0 Å². The van der Waals surface area contributed by atoms with Crippen molar-refractivity contribution in [1.82, 2.24) is 10.2 Å². The van der Waals surface area contributed by atoms with Crippen LogP contribution in [0.5, 0.6) is 0 Å². The van der Waals surface area contributed by atoms with Gasteiger partial charge < -0.3 is 10.1 Å². The summed E-state index contributed by atoms with van der Waals surface area (Å²) in [7, 11) is 0. The van der Waals surface area contributed by atoms with Crippen molar-refractivity contribution >= 4 is 0 Å². The lowest BCUT2D eigenvalue weighted by Gasteiger charge is -2.43. The molecular formula is C18H36N2O. The standard InChI is InChI=1S/C18H36N2O/c1-3-13-19-17-11-7-5-6-8-12-18(17)20-14-9-10-16(15-20)21-4-2/h16-19H,3-15H2,1-2H3. The van der Waals surface area contributed by atoms with Crippen LogP contribution < -0.4 is 5.32 Å². The summed E-state index contributed by atoms with van der Waals surface area (Å²) in [6.45, 7) is 8.86. The Morgan fingerprint density at radius 3 is 2.57 bits per heavy atom. The molecule has 2 aliphatic rings. The number of rotatable bonds is 6. The first kappa shape index (κ1) is 17.2. The third-order valence-corrected chi connectivity index (χ3v) is 5.17. The summed E-state index contributed by atoms with van der Waals surface area (Å²) < 4.78 is 5.91. The van der Waals surface area contributed by atoms with Crippen LogP contribution in [-0.4, -0.2) is 49.3 Å². The van der Waals surface area contributed by atoms with Gasteiger partial charge in [0.1, 0.15) is 0 Å². The van der Waals surface area contributed by atoms with E-state index in [1.165, 1.54) is 70.9 Å². The smallest absolute Gasteiger partial charge is 0.0702 e. The molecule has 2 fully saturated rings. The SMILES string of the molecule is CCCNC1CCCCCCC1N1CCCC(OCC)C1. The van der Waals surface area contributed by atoms with Gasteiger partial charge in [-0.25, -0.2) is 0 Å². The van der Waals surface area contributed by atoms with E-state index in [0.717, 1.165) is 19.2 Å². The first-order chi connectivity index (χ1) is 10.3. The largest absolute Gasteiger partial charge is 0.377 e. The Balaban J connectivity index is 1.96. The quantitative estimate of drug-likeness (QED) is 0.811. The number of nitrogens with zero attached hydrogens (tertiary/aromatic N) is 1. The Morgan fingerprint density at radius 1 is 1.00 bits per heavy atom. The lowest BCUT2D eigenvalue weighted by Crippen LogP contribution is -2.54. The second kappa shape index (κ2) is 9.81. The Hall–Kier alpha value is -0.120. The molecule has 0 radical (unpaired) electrons. The van der Waals surface area contributed by atoms with Crippen molar-refractivity contribution in [2.75, 3.05) is 26.2 Å². The molecule has 0 bridgehead atoms. The molecule has 0 aromatic carbocycles. The van der Waals surface area contributed by atoms with Crippen molar-refractivity contribution in [2.24, 2.45) is 0 Å². The number of ether oxygens (including phenoxy) is 1. The molecule has 3 nitrogen and oxygen atoms in total. The van der Waals surface area contributed by atoms with Crippen molar-refractivity contribution in [1.29, 1.82) is 0 Å². The van der Waals surface area contributed by atoms with E-state index in [9.17, 15) is 0 Å². The Kier molecular flexibility index (Phi) is 8.05. The summed E-state index contributed by atoms with van der Waals surface area (Å²) >= 11 is 0. The second-order valence-corrected chi connectivity index (χ2v) is 6.83. The van der Waals surface area contributed by atoms with E-state index in [4.69, 9.17) is 4.74 Å². The summed E-state index contributed by atoms with van der Waals surface area (Å²) in [6, 6.07) is 1.44. The van der Waals surface area contributed by atoms with Gasteiger partial charge in [-0.3, -0.25) is 4.90 Å². The number of nitrogens with one attached hydrogen (secondary N) is 1. The maximum atomic E-state index is 5.91. The lowest BCUT2D eigenvalue weighted by atomic mass is 9.89. The van der Waals surface area contributed by atoms with Gasteiger partial charge in [-0.2, -0.15) is 0 Å². The van der Waals surface area contributed by atoms with Crippen LogP contribution in [0, 0.1) is 0 Å². The zero-order valence-electron chi connectivity index (χ0n) is 14.3. The van der Waals surface area contributed by atoms with Gasteiger partial charge in [0.05, 0.1) is 6.10 Å². The Labute approximate surface area is 131 Å². The first-order valence-corrected chi connectivity index (χ1v) is 9.44.